The first-order valence-corrected chi connectivity index (χ1v) is 7.62. The van der Waals surface area contributed by atoms with Crippen LogP contribution in [-0.2, 0) is 4.79 Å². The summed E-state index contributed by atoms with van der Waals surface area (Å²) in [7, 11) is 0. The third kappa shape index (κ3) is 4.79. The number of rotatable bonds is 5. The summed E-state index contributed by atoms with van der Waals surface area (Å²) in [6, 6.07) is 11.7. The van der Waals surface area contributed by atoms with E-state index in [1.54, 1.807) is 17.6 Å². The Morgan fingerprint density at radius 3 is 2.70 bits per heavy atom. The molecule has 1 aromatic carbocycles. The predicted octanol–water partition coefficient (Wildman–Crippen LogP) is 3.38. The smallest absolute Gasteiger partial charge is 0.259 e. The normalized spacial score (nSPS) is 10.7. The summed E-state index contributed by atoms with van der Waals surface area (Å²) in [5.74, 6) is -0.183. The third-order valence-electron chi connectivity index (χ3n) is 2.48. The molecule has 0 saturated carbocycles. The van der Waals surface area contributed by atoms with Crippen molar-refractivity contribution in [1.82, 2.24) is 5.43 Å². The number of anilines is 1. The van der Waals surface area contributed by atoms with Crippen LogP contribution in [0.5, 0.6) is 0 Å². The number of halogens is 1. The molecule has 104 valence electrons. The molecular formula is C14H14BrN3OS. The van der Waals surface area contributed by atoms with E-state index in [4.69, 9.17) is 0 Å². The molecule has 0 radical (unpaired) electrons. The van der Waals surface area contributed by atoms with Crippen LogP contribution < -0.4 is 10.7 Å². The molecule has 6 heteroatoms. The average molecular weight is 352 g/mol. The molecule has 0 aliphatic heterocycles. The molecule has 0 bridgehead atoms. The van der Waals surface area contributed by atoms with Crippen LogP contribution in [0, 0.1) is 6.92 Å². The average Bonchev–Trinajstić information content (AvgIpc) is 2.84. The molecule has 0 aliphatic carbocycles. The maximum atomic E-state index is 11.6. The number of hydrogen-bond acceptors (Lipinski definition) is 4. The highest BCUT2D eigenvalue weighted by Crippen LogP contribution is 2.20. The Hall–Kier alpha value is -1.66. The van der Waals surface area contributed by atoms with Crippen molar-refractivity contribution in [3.8, 4) is 0 Å². The van der Waals surface area contributed by atoms with Crippen molar-refractivity contribution in [2.75, 3.05) is 11.9 Å². The number of hydrogen-bond donors (Lipinski definition) is 2. The number of thiophene rings is 1. The van der Waals surface area contributed by atoms with Crippen LogP contribution in [0.25, 0.3) is 0 Å². The Balaban J connectivity index is 1.75. The minimum absolute atomic E-state index is 0.183. The summed E-state index contributed by atoms with van der Waals surface area (Å²) >= 11 is 4.92. The molecule has 0 unspecified atom stereocenters. The molecule has 20 heavy (non-hydrogen) atoms. The van der Waals surface area contributed by atoms with Gasteiger partial charge in [0.1, 0.15) is 0 Å². The van der Waals surface area contributed by atoms with Crippen molar-refractivity contribution in [2.45, 2.75) is 6.92 Å². The van der Waals surface area contributed by atoms with Gasteiger partial charge in [0.15, 0.2) is 0 Å². The number of carbonyl (C=O) groups is 1. The fraction of sp³-hybridized carbons (Fsp3) is 0.143. The summed E-state index contributed by atoms with van der Waals surface area (Å²) in [5, 5.41) is 6.94. The number of nitrogens with one attached hydrogen (secondary N) is 2. The maximum absolute atomic E-state index is 11.6. The first kappa shape index (κ1) is 14.7. The molecule has 2 aromatic rings. The lowest BCUT2D eigenvalue weighted by molar-refractivity contribution is -0.119. The van der Waals surface area contributed by atoms with E-state index in [0.29, 0.717) is 0 Å². The Morgan fingerprint density at radius 1 is 1.30 bits per heavy atom. The molecule has 1 aromatic heterocycles. The summed E-state index contributed by atoms with van der Waals surface area (Å²) in [6.45, 7) is 2.21. The summed E-state index contributed by atoms with van der Waals surface area (Å²) < 4.78 is 1.03. The summed E-state index contributed by atoms with van der Waals surface area (Å²) in [4.78, 5) is 12.6. The molecule has 0 atom stereocenters. The largest absolute Gasteiger partial charge is 0.376 e. The van der Waals surface area contributed by atoms with E-state index < -0.39 is 0 Å². The second kappa shape index (κ2) is 7.21. The van der Waals surface area contributed by atoms with E-state index in [2.05, 4.69) is 31.8 Å². The van der Waals surface area contributed by atoms with Gasteiger partial charge in [-0.1, -0.05) is 17.7 Å². The topological polar surface area (TPSA) is 53.5 Å². The number of benzene rings is 1. The lowest BCUT2D eigenvalue weighted by atomic mass is 10.2. The van der Waals surface area contributed by atoms with E-state index >= 15 is 0 Å². The van der Waals surface area contributed by atoms with E-state index in [1.165, 1.54) is 5.56 Å². The Labute approximate surface area is 130 Å². The number of carbonyl (C=O) groups excluding carboxylic acids is 1. The van der Waals surface area contributed by atoms with Crippen molar-refractivity contribution >= 4 is 45.1 Å². The standard InChI is InChI=1S/C14H14BrN3OS/c1-10-2-4-11(5-3-10)16-9-14(19)18-17-8-12-6-7-13(15)20-12/h2-8,16H,9H2,1H3,(H,18,19)/b17-8-. The van der Waals surface area contributed by atoms with Gasteiger partial charge in [0.2, 0.25) is 0 Å². The highest BCUT2D eigenvalue weighted by Gasteiger charge is 1.99. The molecule has 2 rings (SSSR count). The Kier molecular flexibility index (Phi) is 5.31. The summed E-state index contributed by atoms with van der Waals surface area (Å²) in [6.07, 6.45) is 1.62. The molecule has 0 aliphatic rings. The molecule has 2 N–H and O–H groups in total. The van der Waals surface area contributed by atoms with Gasteiger partial charge in [0, 0.05) is 10.6 Å². The molecule has 1 heterocycles. The van der Waals surface area contributed by atoms with Crippen molar-refractivity contribution in [3.05, 3.63) is 50.6 Å². The van der Waals surface area contributed by atoms with Crippen LogP contribution in [0.3, 0.4) is 0 Å². The zero-order valence-corrected chi connectivity index (χ0v) is 13.3. The zero-order chi connectivity index (χ0) is 14.4. The van der Waals surface area contributed by atoms with Gasteiger partial charge >= 0.3 is 0 Å². The van der Waals surface area contributed by atoms with Gasteiger partial charge in [0.05, 0.1) is 16.5 Å². The lowest BCUT2D eigenvalue weighted by Crippen LogP contribution is -2.25. The van der Waals surface area contributed by atoms with Gasteiger partial charge in [-0.25, -0.2) is 5.43 Å². The van der Waals surface area contributed by atoms with E-state index in [-0.39, 0.29) is 12.5 Å². The number of hydrazone groups is 1. The van der Waals surface area contributed by atoms with Gasteiger partial charge in [-0.2, -0.15) is 5.10 Å². The van der Waals surface area contributed by atoms with Gasteiger partial charge in [-0.3, -0.25) is 4.79 Å². The number of amides is 1. The van der Waals surface area contributed by atoms with Crippen molar-refractivity contribution in [3.63, 3.8) is 0 Å². The van der Waals surface area contributed by atoms with E-state index in [0.717, 1.165) is 14.4 Å². The molecule has 0 spiro atoms. The highest BCUT2D eigenvalue weighted by molar-refractivity contribution is 9.11. The monoisotopic (exact) mass is 351 g/mol. The van der Waals surface area contributed by atoms with Crippen LogP contribution in [0.4, 0.5) is 5.69 Å². The SMILES string of the molecule is Cc1ccc(NCC(=O)N/N=C\c2ccc(Br)s2)cc1. The van der Waals surface area contributed by atoms with Gasteiger partial charge < -0.3 is 5.32 Å². The summed E-state index contributed by atoms with van der Waals surface area (Å²) in [5.41, 5.74) is 4.58. The lowest BCUT2D eigenvalue weighted by Gasteiger charge is -2.05. The van der Waals surface area contributed by atoms with E-state index in [1.807, 2.05) is 43.3 Å². The number of nitrogens with zero attached hydrogens (tertiary/aromatic N) is 1. The second-order valence-electron chi connectivity index (χ2n) is 4.15. The van der Waals surface area contributed by atoms with Crippen LogP contribution in [0.2, 0.25) is 0 Å². The Bertz CT molecular complexity index is 607. The third-order valence-corrected chi connectivity index (χ3v) is 4.04. The van der Waals surface area contributed by atoms with Crippen LogP contribution in [0.15, 0.2) is 45.3 Å². The van der Waals surface area contributed by atoms with Gasteiger partial charge in [-0.05, 0) is 47.1 Å². The Morgan fingerprint density at radius 2 is 2.05 bits per heavy atom. The molecule has 0 fully saturated rings. The first-order chi connectivity index (χ1) is 9.63. The van der Waals surface area contributed by atoms with Crippen molar-refractivity contribution in [2.24, 2.45) is 5.10 Å². The van der Waals surface area contributed by atoms with Crippen LogP contribution in [0.1, 0.15) is 10.4 Å². The van der Waals surface area contributed by atoms with E-state index in [9.17, 15) is 4.79 Å². The fourth-order valence-electron chi connectivity index (χ4n) is 1.46. The maximum Gasteiger partial charge on any atom is 0.259 e. The zero-order valence-electron chi connectivity index (χ0n) is 10.9. The minimum Gasteiger partial charge on any atom is -0.376 e. The van der Waals surface area contributed by atoms with Gasteiger partial charge in [-0.15, -0.1) is 11.3 Å². The molecule has 0 saturated heterocycles. The predicted molar refractivity (Wildman–Crippen MR) is 87.4 cm³/mol. The first-order valence-electron chi connectivity index (χ1n) is 6.01. The number of aryl methyl sites for hydroxylation is 1. The van der Waals surface area contributed by atoms with Crippen molar-refractivity contribution < 1.29 is 4.79 Å². The molecular weight excluding hydrogens is 338 g/mol. The van der Waals surface area contributed by atoms with Crippen LogP contribution >= 0.6 is 27.3 Å². The molecule has 1 amide bonds. The van der Waals surface area contributed by atoms with Gasteiger partial charge in [0.25, 0.3) is 5.91 Å². The minimum atomic E-state index is -0.183. The fourth-order valence-corrected chi connectivity index (χ4v) is 2.75. The van der Waals surface area contributed by atoms with Crippen LogP contribution in [-0.4, -0.2) is 18.7 Å². The second-order valence-corrected chi connectivity index (χ2v) is 6.65. The molecule has 4 nitrogen and oxygen atoms in total. The highest BCUT2D eigenvalue weighted by atomic mass is 79.9. The quantitative estimate of drug-likeness (QED) is 0.640. The van der Waals surface area contributed by atoms with Crippen molar-refractivity contribution in [1.29, 1.82) is 0 Å².